The Labute approximate surface area is 240 Å². The van der Waals surface area contributed by atoms with Gasteiger partial charge in [0, 0.05) is 22.3 Å². The first-order valence-corrected chi connectivity index (χ1v) is 14.1. The predicted molar refractivity (Wildman–Crippen MR) is 162 cm³/mol. The van der Waals surface area contributed by atoms with Gasteiger partial charge in [-0.1, -0.05) is 109 Å². The lowest BCUT2D eigenvalue weighted by Crippen LogP contribution is -2.23. The van der Waals surface area contributed by atoms with Gasteiger partial charge in [-0.05, 0) is 54.9 Å². The minimum atomic E-state index is -0.255. The number of rotatable bonds is 9. The molecule has 1 atom stereocenters. The number of amides is 1. The first-order chi connectivity index (χ1) is 20.2. The second kappa shape index (κ2) is 12.6. The number of hydrogen-bond acceptors (Lipinski definition) is 4. The smallest absolute Gasteiger partial charge is 0.274 e. The maximum Gasteiger partial charge on any atom is 0.274 e. The van der Waals surface area contributed by atoms with Gasteiger partial charge in [-0.25, -0.2) is 10.5 Å². The molecule has 5 nitrogen and oxygen atoms in total. The summed E-state index contributed by atoms with van der Waals surface area (Å²) in [6.45, 7) is 0.314. The van der Waals surface area contributed by atoms with E-state index < -0.39 is 0 Å². The van der Waals surface area contributed by atoms with E-state index in [4.69, 9.17) is 14.2 Å². The van der Waals surface area contributed by atoms with Crippen LogP contribution in [0, 0.1) is 5.92 Å². The highest BCUT2D eigenvalue weighted by atomic mass is 16.6. The molecular formula is C36H32N2O3. The van der Waals surface area contributed by atoms with E-state index in [1.165, 1.54) is 0 Å². The van der Waals surface area contributed by atoms with E-state index in [0.717, 1.165) is 65.0 Å². The minimum absolute atomic E-state index is 0.238. The highest BCUT2D eigenvalue weighted by molar-refractivity contribution is 5.93. The Hall–Kier alpha value is -4.74. The summed E-state index contributed by atoms with van der Waals surface area (Å²) >= 11 is 0. The fourth-order valence-corrected chi connectivity index (χ4v) is 5.38. The molecule has 0 radical (unpaired) electrons. The number of oxazole rings is 1. The molecule has 1 aromatic heterocycles. The van der Waals surface area contributed by atoms with Gasteiger partial charge in [0.1, 0.15) is 5.69 Å². The van der Waals surface area contributed by atoms with Gasteiger partial charge in [0.2, 0.25) is 5.89 Å². The van der Waals surface area contributed by atoms with E-state index in [-0.39, 0.29) is 11.8 Å². The molecule has 0 fully saturated rings. The Balaban J connectivity index is 1.21. The third kappa shape index (κ3) is 6.37. The largest absolute Gasteiger partial charge is 0.436 e. The van der Waals surface area contributed by atoms with E-state index in [2.05, 4.69) is 41.9 Å². The predicted octanol–water partition coefficient (Wildman–Crippen LogP) is 8.30. The van der Waals surface area contributed by atoms with Gasteiger partial charge in [0.15, 0.2) is 5.76 Å². The molecule has 4 aromatic carbocycles. The van der Waals surface area contributed by atoms with Gasteiger partial charge in [-0.3, -0.25) is 9.63 Å². The number of nitrogens with zero attached hydrogens (tertiary/aromatic N) is 1. The Morgan fingerprint density at radius 3 is 2.27 bits per heavy atom. The number of allylic oxidation sites excluding steroid dienone is 2. The molecule has 1 aliphatic rings. The molecule has 0 bridgehead atoms. The average molecular weight is 541 g/mol. The topological polar surface area (TPSA) is 64.4 Å². The van der Waals surface area contributed by atoms with Crippen LogP contribution < -0.4 is 5.48 Å². The molecule has 0 aliphatic heterocycles. The van der Waals surface area contributed by atoms with Gasteiger partial charge in [0.25, 0.3) is 5.91 Å². The Morgan fingerprint density at radius 2 is 1.51 bits per heavy atom. The monoisotopic (exact) mass is 540 g/mol. The molecule has 5 heteroatoms. The molecule has 6 rings (SSSR count). The number of aromatic nitrogens is 1. The zero-order chi connectivity index (χ0) is 27.9. The number of nitrogens with one attached hydrogen (secondary N) is 1. The first kappa shape index (κ1) is 26.5. The molecule has 1 heterocycles. The van der Waals surface area contributed by atoms with Crippen LogP contribution in [0.1, 0.15) is 46.6 Å². The van der Waals surface area contributed by atoms with E-state index >= 15 is 0 Å². The molecule has 1 N–H and O–H groups in total. The summed E-state index contributed by atoms with van der Waals surface area (Å²) < 4.78 is 6.55. The fourth-order valence-electron chi connectivity index (χ4n) is 5.38. The van der Waals surface area contributed by atoms with Gasteiger partial charge < -0.3 is 4.42 Å². The first-order valence-electron chi connectivity index (χ1n) is 14.1. The third-order valence-electron chi connectivity index (χ3n) is 7.44. The number of hydrogen-bond donors (Lipinski definition) is 1. The normalized spacial score (nSPS) is 14.8. The average Bonchev–Trinajstić information content (AvgIpc) is 3.48. The molecule has 5 aromatic rings. The maximum atomic E-state index is 12.8. The molecule has 0 spiro atoms. The van der Waals surface area contributed by atoms with Gasteiger partial charge in [-0.15, -0.1) is 0 Å². The van der Waals surface area contributed by atoms with E-state index in [0.29, 0.717) is 18.1 Å². The van der Waals surface area contributed by atoms with Crippen LogP contribution in [0.25, 0.3) is 28.2 Å². The van der Waals surface area contributed by atoms with Gasteiger partial charge in [-0.2, -0.15) is 0 Å². The minimum Gasteiger partial charge on any atom is -0.436 e. The number of carbonyl (C=O) groups is 1. The summed E-state index contributed by atoms with van der Waals surface area (Å²) in [6.07, 6.45) is 6.21. The molecule has 0 saturated heterocycles. The quantitative estimate of drug-likeness (QED) is 0.191. The van der Waals surface area contributed by atoms with Crippen molar-refractivity contribution < 1.29 is 14.0 Å². The Bertz CT molecular complexity index is 1570. The van der Waals surface area contributed by atoms with Crippen molar-refractivity contribution in [2.75, 3.05) is 0 Å². The van der Waals surface area contributed by atoms with Crippen molar-refractivity contribution in [3.8, 4) is 22.6 Å². The summed E-state index contributed by atoms with van der Waals surface area (Å²) in [6, 6.07) is 37.9. The fraction of sp³-hybridized carbons (Fsp3) is 0.167. The van der Waals surface area contributed by atoms with Gasteiger partial charge in [0.05, 0.1) is 6.61 Å². The lowest BCUT2D eigenvalue weighted by atomic mass is 9.83. The second-order valence-corrected chi connectivity index (χ2v) is 10.3. The molecule has 1 unspecified atom stereocenters. The highest BCUT2D eigenvalue weighted by Crippen LogP contribution is 2.40. The molecule has 1 aliphatic carbocycles. The molecule has 204 valence electrons. The van der Waals surface area contributed by atoms with Crippen molar-refractivity contribution in [1.29, 1.82) is 0 Å². The van der Waals surface area contributed by atoms with Crippen molar-refractivity contribution in [3.05, 3.63) is 144 Å². The highest BCUT2D eigenvalue weighted by Gasteiger charge is 2.26. The van der Waals surface area contributed by atoms with E-state index in [1.54, 1.807) is 0 Å². The molecule has 1 amide bonds. The summed E-state index contributed by atoms with van der Waals surface area (Å²) in [5.41, 5.74) is 9.27. The number of hydroxylamine groups is 1. The zero-order valence-corrected chi connectivity index (χ0v) is 22.8. The van der Waals surface area contributed by atoms with Crippen LogP contribution in [0.2, 0.25) is 0 Å². The van der Waals surface area contributed by atoms with Crippen molar-refractivity contribution in [1.82, 2.24) is 10.5 Å². The summed E-state index contributed by atoms with van der Waals surface area (Å²) in [4.78, 5) is 23.3. The van der Waals surface area contributed by atoms with Crippen LogP contribution in [0.5, 0.6) is 0 Å². The summed E-state index contributed by atoms with van der Waals surface area (Å²) in [7, 11) is 0. The lowest BCUT2D eigenvalue weighted by molar-refractivity contribution is 0.0233. The lowest BCUT2D eigenvalue weighted by Gasteiger charge is -2.22. The third-order valence-corrected chi connectivity index (χ3v) is 7.44. The SMILES string of the molecule is O=C(NOCc1ccccc1)c1cccc(CC2CCCC=C2c2nc(-c3ccccc3)c(-c3ccccc3)o2)c1. The van der Waals surface area contributed by atoms with Crippen molar-refractivity contribution >= 4 is 11.5 Å². The standard InChI is InChI=1S/C36H32N2O3/c39-35(38-40-25-26-13-4-1-5-14-26)31-21-12-15-27(24-31)23-30-20-10-11-22-32(30)36-37-33(28-16-6-2-7-17-28)34(41-36)29-18-8-3-9-19-29/h1-9,12-19,21-22,24,30H,10-11,20,23,25H2,(H,38,39). The van der Waals surface area contributed by atoms with Gasteiger partial charge >= 0.3 is 0 Å². The summed E-state index contributed by atoms with van der Waals surface area (Å²) in [5.74, 6) is 1.44. The van der Waals surface area contributed by atoms with Crippen molar-refractivity contribution in [2.24, 2.45) is 5.92 Å². The zero-order valence-electron chi connectivity index (χ0n) is 22.8. The van der Waals surface area contributed by atoms with Crippen LogP contribution in [0.4, 0.5) is 0 Å². The van der Waals surface area contributed by atoms with Crippen LogP contribution in [0.15, 0.2) is 126 Å². The molecule has 41 heavy (non-hydrogen) atoms. The van der Waals surface area contributed by atoms with Crippen LogP contribution in [-0.2, 0) is 17.9 Å². The summed E-state index contributed by atoms with van der Waals surface area (Å²) in [5, 5.41) is 0. The second-order valence-electron chi connectivity index (χ2n) is 10.3. The van der Waals surface area contributed by atoms with Crippen LogP contribution in [0.3, 0.4) is 0 Å². The van der Waals surface area contributed by atoms with Crippen molar-refractivity contribution in [2.45, 2.75) is 32.3 Å². The van der Waals surface area contributed by atoms with E-state index in [1.807, 2.05) is 84.9 Å². The maximum absolute atomic E-state index is 12.8. The van der Waals surface area contributed by atoms with Crippen LogP contribution >= 0.6 is 0 Å². The molecule has 0 saturated carbocycles. The Kier molecular flexibility index (Phi) is 8.15. The number of benzene rings is 4. The number of carbonyl (C=O) groups excluding carboxylic acids is 1. The van der Waals surface area contributed by atoms with E-state index in [9.17, 15) is 4.79 Å². The van der Waals surface area contributed by atoms with Crippen molar-refractivity contribution in [3.63, 3.8) is 0 Å². The molecular weight excluding hydrogens is 508 g/mol. The Morgan fingerprint density at radius 1 is 0.829 bits per heavy atom. The van der Waals surface area contributed by atoms with Crippen LogP contribution in [-0.4, -0.2) is 10.9 Å².